The van der Waals surface area contributed by atoms with E-state index in [1.54, 1.807) is 43.3 Å². The smallest absolute Gasteiger partial charge is 0.374 e. The Hall–Kier alpha value is -3.94. The van der Waals surface area contributed by atoms with E-state index in [9.17, 15) is 19.2 Å². The fourth-order valence-electron chi connectivity index (χ4n) is 2.57. The Kier molecular flexibility index (Phi) is 6.03. The number of amides is 1. The van der Waals surface area contributed by atoms with Crippen LogP contribution < -0.4 is 10.7 Å². The Labute approximate surface area is 165 Å². The number of fused-ring (bicyclic) bond motifs is 1. The third kappa shape index (κ3) is 4.67. The molecule has 0 aliphatic carbocycles. The molecule has 29 heavy (non-hydrogen) atoms. The van der Waals surface area contributed by atoms with Crippen LogP contribution >= 0.6 is 0 Å². The molecule has 148 valence electrons. The van der Waals surface area contributed by atoms with Gasteiger partial charge < -0.3 is 19.2 Å². The highest BCUT2D eigenvalue weighted by Crippen LogP contribution is 2.16. The zero-order valence-electron chi connectivity index (χ0n) is 15.5. The van der Waals surface area contributed by atoms with Crippen molar-refractivity contribution in [1.29, 1.82) is 0 Å². The highest BCUT2D eigenvalue weighted by Gasteiger charge is 2.17. The molecule has 0 aliphatic heterocycles. The minimum atomic E-state index is -0.957. The van der Waals surface area contributed by atoms with Crippen LogP contribution in [-0.4, -0.2) is 31.1 Å². The summed E-state index contributed by atoms with van der Waals surface area (Å²) in [5.74, 6) is -2.52. The number of hydrogen-bond donors (Lipinski definition) is 1. The summed E-state index contributed by atoms with van der Waals surface area (Å²) in [6, 6.07) is 13.8. The summed E-state index contributed by atoms with van der Waals surface area (Å²) >= 11 is 0. The molecule has 0 saturated carbocycles. The molecule has 0 fully saturated rings. The number of anilines is 1. The topological polar surface area (TPSA) is 112 Å². The normalized spacial score (nSPS) is 10.4. The highest BCUT2D eigenvalue weighted by atomic mass is 16.5. The summed E-state index contributed by atoms with van der Waals surface area (Å²) in [6.45, 7) is 1.23. The summed E-state index contributed by atoms with van der Waals surface area (Å²) in [6.07, 6.45) is 0. The van der Waals surface area contributed by atoms with Crippen LogP contribution in [0.2, 0.25) is 0 Å². The minimum Gasteiger partial charge on any atom is -0.462 e. The van der Waals surface area contributed by atoms with Crippen molar-refractivity contribution >= 4 is 34.5 Å². The van der Waals surface area contributed by atoms with E-state index in [1.165, 1.54) is 12.1 Å². The lowest BCUT2D eigenvalue weighted by Gasteiger charge is -2.10. The summed E-state index contributed by atoms with van der Waals surface area (Å²) < 4.78 is 15.2. The predicted molar refractivity (Wildman–Crippen MR) is 104 cm³/mol. The Morgan fingerprint density at radius 2 is 1.69 bits per heavy atom. The van der Waals surface area contributed by atoms with Gasteiger partial charge in [0.25, 0.3) is 5.91 Å². The zero-order valence-corrected chi connectivity index (χ0v) is 15.5. The maximum atomic E-state index is 12.1. The van der Waals surface area contributed by atoms with Crippen molar-refractivity contribution in [3.63, 3.8) is 0 Å². The minimum absolute atomic E-state index is 0.176. The molecular weight excluding hydrogens is 378 g/mol. The molecule has 1 N–H and O–H groups in total. The second-order valence-corrected chi connectivity index (χ2v) is 5.86. The average molecular weight is 395 g/mol. The molecule has 0 spiro atoms. The van der Waals surface area contributed by atoms with E-state index in [0.717, 1.165) is 6.07 Å². The summed E-state index contributed by atoms with van der Waals surface area (Å²) in [5.41, 5.74) is 0.241. The molecule has 1 amide bonds. The van der Waals surface area contributed by atoms with Gasteiger partial charge in [-0.15, -0.1) is 0 Å². The fourth-order valence-corrected chi connectivity index (χ4v) is 2.57. The standard InChI is InChI=1S/C21H17NO7/c1-2-27-20(25)13-7-3-5-9-15(13)22-19(24)12-28-21(26)18-11-16(23)14-8-4-6-10-17(14)29-18/h3-11H,2,12H2,1H3,(H,22,24). The van der Waals surface area contributed by atoms with E-state index < -0.39 is 29.9 Å². The number of ether oxygens (including phenoxy) is 2. The molecule has 8 heteroatoms. The van der Waals surface area contributed by atoms with E-state index in [-0.39, 0.29) is 29.2 Å². The maximum absolute atomic E-state index is 12.1. The van der Waals surface area contributed by atoms with Gasteiger partial charge in [0.2, 0.25) is 5.76 Å². The predicted octanol–water partition coefficient (Wildman–Crippen LogP) is 2.77. The van der Waals surface area contributed by atoms with E-state index >= 15 is 0 Å². The third-order valence-electron chi connectivity index (χ3n) is 3.87. The fraction of sp³-hybridized carbons (Fsp3) is 0.143. The highest BCUT2D eigenvalue weighted by molar-refractivity contribution is 6.02. The first-order valence-electron chi connectivity index (χ1n) is 8.75. The molecule has 3 rings (SSSR count). The van der Waals surface area contributed by atoms with E-state index in [2.05, 4.69) is 5.32 Å². The van der Waals surface area contributed by atoms with Crippen molar-refractivity contribution in [2.75, 3.05) is 18.5 Å². The van der Waals surface area contributed by atoms with Crippen molar-refractivity contribution < 1.29 is 28.3 Å². The number of benzene rings is 2. The molecule has 0 atom stereocenters. The number of hydrogen-bond acceptors (Lipinski definition) is 7. The van der Waals surface area contributed by atoms with Gasteiger partial charge in [0.1, 0.15) is 5.58 Å². The Morgan fingerprint density at radius 3 is 2.48 bits per heavy atom. The van der Waals surface area contributed by atoms with Crippen molar-refractivity contribution in [2.24, 2.45) is 0 Å². The molecule has 8 nitrogen and oxygen atoms in total. The van der Waals surface area contributed by atoms with Gasteiger partial charge in [0, 0.05) is 6.07 Å². The molecular formula is C21H17NO7. The first-order chi connectivity index (χ1) is 14.0. The quantitative estimate of drug-likeness (QED) is 0.639. The lowest BCUT2D eigenvalue weighted by Crippen LogP contribution is -2.22. The largest absolute Gasteiger partial charge is 0.462 e. The van der Waals surface area contributed by atoms with Crippen molar-refractivity contribution in [2.45, 2.75) is 6.92 Å². The van der Waals surface area contributed by atoms with Crippen LogP contribution in [0.25, 0.3) is 11.0 Å². The van der Waals surface area contributed by atoms with Gasteiger partial charge in [-0.3, -0.25) is 9.59 Å². The summed E-state index contributed by atoms with van der Waals surface area (Å²) in [7, 11) is 0. The third-order valence-corrected chi connectivity index (χ3v) is 3.87. The second-order valence-electron chi connectivity index (χ2n) is 5.86. The number of nitrogens with one attached hydrogen (secondary N) is 1. The van der Waals surface area contributed by atoms with Crippen LogP contribution in [0.15, 0.2) is 63.8 Å². The number of esters is 2. The van der Waals surface area contributed by atoms with Crippen LogP contribution in [-0.2, 0) is 14.3 Å². The molecule has 0 bridgehead atoms. The number of carbonyl (C=O) groups excluding carboxylic acids is 3. The molecule has 1 aromatic heterocycles. The van der Waals surface area contributed by atoms with Crippen molar-refractivity contribution in [3.05, 3.63) is 76.1 Å². The van der Waals surface area contributed by atoms with Gasteiger partial charge in [-0.2, -0.15) is 0 Å². The number of para-hydroxylation sites is 2. The summed E-state index contributed by atoms with van der Waals surface area (Å²) in [4.78, 5) is 48.3. The lowest BCUT2D eigenvalue weighted by atomic mass is 10.2. The number of carbonyl (C=O) groups is 3. The average Bonchev–Trinajstić information content (AvgIpc) is 2.72. The maximum Gasteiger partial charge on any atom is 0.374 e. The Morgan fingerprint density at radius 1 is 0.966 bits per heavy atom. The second kappa shape index (κ2) is 8.83. The molecule has 1 heterocycles. The van der Waals surface area contributed by atoms with Gasteiger partial charge in [0.05, 0.1) is 23.2 Å². The molecule has 2 aromatic carbocycles. The molecule has 0 radical (unpaired) electrons. The summed E-state index contributed by atoms with van der Waals surface area (Å²) in [5, 5.41) is 2.82. The molecule has 3 aromatic rings. The van der Waals surface area contributed by atoms with Gasteiger partial charge in [0.15, 0.2) is 12.0 Å². The van der Waals surface area contributed by atoms with E-state index in [0.29, 0.717) is 5.39 Å². The first kappa shape index (κ1) is 19.8. The molecule has 0 unspecified atom stereocenters. The van der Waals surface area contributed by atoms with Gasteiger partial charge in [-0.25, -0.2) is 9.59 Å². The first-order valence-corrected chi connectivity index (χ1v) is 8.75. The lowest BCUT2D eigenvalue weighted by molar-refractivity contribution is -0.119. The Balaban J connectivity index is 1.67. The molecule has 0 saturated heterocycles. The van der Waals surface area contributed by atoms with Crippen LogP contribution in [0.5, 0.6) is 0 Å². The monoisotopic (exact) mass is 395 g/mol. The Bertz CT molecular complexity index is 1130. The van der Waals surface area contributed by atoms with Crippen molar-refractivity contribution in [1.82, 2.24) is 0 Å². The zero-order chi connectivity index (χ0) is 20.8. The van der Waals surface area contributed by atoms with Crippen LogP contribution in [0.1, 0.15) is 27.8 Å². The van der Waals surface area contributed by atoms with Crippen molar-refractivity contribution in [3.8, 4) is 0 Å². The van der Waals surface area contributed by atoms with Crippen LogP contribution in [0, 0.1) is 0 Å². The SMILES string of the molecule is CCOC(=O)c1ccccc1NC(=O)COC(=O)c1cc(=O)c2ccccc2o1. The van der Waals surface area contributed by atoms with Gasteiger partial charge in [-0.05, 0) is 31.2 Å². The van der Waals surface area contributed by atoms with Crippen LogP contribution in [0.3, 0.4) is 0 Å². The van der Waals surface area contributed by atoms with E-state index in [4.69, 9.17) is 13.9 Å². The van der Waals surface area contributed by atoms with Gasteiger partial charge >= 0.3 is 11.9 Å². The van der Waals surface area contributed by atoms with Gasteiger partial charge in [-0.1, -0.05) is 24.3 Å². The van der Waals surface area contributed by atoms with Crippen LogP contribution in [0.4, 0.5) is 5.69 Å². The number of rotatable bonds is 6. The van der Waals surface area contributed by atoms with E-state index in [1.807, 2.05) is 0 Å². The molecule has 0 aliphatic rings.